The summed E-state index contributed by atoms with van der Waals surface area (Å²) in [4.78, 5) is 41.5. The van der Waals surface area contributed by atoms with E-state index in [1.54, 1.807) is 12.3 Å². The Morgan fingerprint density at radius 2 is 1.89 bits per heavy atom. The van der Waals surface area contributed by atoms with E-state index in [0.717, 1.165) is 24.0 Å². The van der Waals surface area contributed by atoms with Gasteiger partial charge < -0.3 is 26.5 Å². The van der Waals surface area contributed by atoms with E-state index in [-0.39, 0.29) is 30.4 Å². The van der Waals surface area contributed by atoms with Crippen molar-refractivity contribution >= 4 is 17.8 Å². The molecule has 9 nitrogen and oxygen atoms in total. The Balaban J connectivity index is 1.80. The second-order valence-corrected chi connectivity index (χ2v) is 8.34. The molecule has 35 heavy (non-hydrogen) atoms. The number of hydrogen-bond donors (Lipinski definition) is 4. The fraction of sp³-hybridized carbons (Fsp3) is 0.308. The molecule has 1 aliphatic carbocycles. The molecule has 0 saturated carbocycles. The van der Waals surface area contributed by atoms with Gasteiger partial charge >= 0.3 is 5.97 Å². The Morgan fingerprint density at radius 3 is 2.54 bits per heavy atom. The first-order valence-corrected chi connectivity index (χ1v) is 11.6. The topological polar surface area (TPSA) is 153 Å². The number of aliphatic carboxylic acids is 1. The van der Waals surface area contributed by atoms with Gasteiger partial charge in [-0.05, 0) is 49.0 Å². The number of guanidine groups is 1. The lowest BCUT2D eigenvalue weighted by atomic mass is 9.88. The predicted octanol–water partition coefficient (Wildman–Crippen LogP) is 2.15. The highest BCUT2D eigenvalue weighted by Crippen LogP contribution is 2.29. The maximum Gasteiger partial charge on any atom is 0.326 e. The summed E-state index contributed by atoms with van der Waals surface area (Å²) in [5.74, 6) is -2.07. The van der Waals surface area contributed by atoms with Gasteiger partial charge in [-0.25, -0.2) is 4.79 Å². The summed E-state index contributed by atoms with van der Waals surface area (Å²) in [7, 11) is 0. The number of carboxylic acid groups (broad SMARTS) is 1. The van der Waals surface area contributed by atoms with E-state index in [9.17, 15) is 19.5 Å². The van der Waals surface area contributed by atoms with E-state index >= 15 is 0 Å². The second-order valence-electron chi connectivity index (χ2n) is 8.34. The maximum absolute atomic E-state index is 13.2. The van der Waals surface area contributed by atoms with Crippen LogP contribution in [0.4, 0.5) is 0 Å². The van der Waals surface area contributed by atoms with Crippen molar-refractivity contribution in [3.05, 3.63) is 93.9 Å². The zero-order valence-electron chi connectivity index (χ0n) is 19.5. The van der Waals surface area contributed by atoms with Crippen molar-refractivity contribution < 1.29 is 14.7 Å². The number of nitrogens with zero attached hydrogens (tertiary/aromatic N) is 2. The Kier molecular flexibility index (Phi) is 9.00. The molecule has 1 aliphatic rings. The van der Waals surface area contributed by atoms with Crippen molar-refractivity contribution in [2.24, 2.45) is 16.5 Å². The van der Waals surface area contributed by atoms with Crippen LogP contribution in [-0.2, 0) is 11.3 Å². The smallest absolute Gasteiger partial charge is 0.326 e. The van der Waals surface area contributed by atoms with Crippen LogP contribution in [0.25, 0.3) is 0 Å². The largest absolute Gasteiger partial charge is 0.480 e. The molecule has 9 heteroatoms. The van der Waals surface area contributed by atoms with Crippen molar-refractivity contribution in [3.8, 4) is 0 Å². The summed E-state index contributed by atoms with van der Waals surface area (Å²) >= 11 is 0. The molecule has 1 aromatic heterocycles. The van der Waals surface area contributed by atoms with Gasteiger partial charge in [0.25, 0.3) is 11.5 Å². The molecule has 1 heterocycles. The third-order valence-electron chi connectivity index (χ3n) is 5.82. The van der Waals surface area contributed by atoms with Crippen LogP contribution in [-0.4, -0.2) is 40.1 Å². The first-order valence-electron chi connectivity index (χ1n) is 11.6. The van der Waals surface area contributed by atoms with Gasteiger partial charge in [-0.3, -0.25) is 14.6 Å². The molecule has 2 aromatic rings. The minimum absolute atomic E-state index is 0.0638. The van der Waals surface area contributed by atoms with Gasteiger partial charge in [0.1, 0.15) is 11.6 Å². The number of hydrogen-bond acceptors (Lipinski definition) is 4. The summed E-state index contributed by atoms with van der Waals surface area (Å²) in [6, 6.07) is 11.8. The number of amides is 1. The molecule has 0 radical (unpaired) electrons. The van der Waals surface area contributed by atoms with E-state index in [0.29, 0.717) is 13.0 Å². The summed E-state index contributed by atoms with van der Waals surface area (Å²) in [5, 5.41) is 11.9. The van der Waals surface area contributed by atoms with Crippen molar-refractivity contribution in [1.82, 2.24) is 9.88 Å². The average Bonchev–Trinajstić information content (AvgIpc) is 2.86. The van der Waals surface area contributed by atoms with Gasteiger partial charge in [0.05, 0.1) is 0 Å². The summed E-state index contributed by atoms with van der Waals surface area (Å²) in [5.41, 5.74) is 12.2. The number of rotatable bonds is 11. The number of aliphatic imine (C=N–C) groups is 1. The molecular weight excluding hydrogens is 446 g/mol. The molecule has 1 aromatic carbocycles. The SMILES string of the molecule is NC(N)=NCCCC(NC(=O)c1cccn(CC(C2=CCCC=C2)c2ccccc2)c1=O)C(=O)O. The molecular formula is C26H31N5O4. The van der Waals surface area contributed by atoms with Crippen molar-refractivity contribution in [3.63, 3.8) is 0 Å². The lowest BCUT2D eigenvalue weighted by Crippen LogP contribution is -2.43. The molecule has 0 saturated heterocycles. The fourth-order valence-corrected chi connectivity index (χ4v) is 4.03. The Bertz CT molecular complexity index is 1180. The molecule has 0 bridgehead atoms. The van der Waals surface area contributed by atoms with Gasteiger partial charge in [0.2, 0.25) is 0 Å². The first-order chi connectivity index (χ1) is 16.9. The number of allylic oxidation sites excluding steroid dienone is 4. The second kappa shape index (κ2) is 12.4. The molecule has 1 amide bonds. The Morgan fingerprint density at radius 1 is 1.11 bits per heavy atom. The minimum Gasteiger partial charge on any atom is -0.480 e. The van der Waals surface area contributed by atoms with Crippen LogP contribution in [0.3, 0.4) is 0 Å². The molecule has 6 N–H and O–H groups in total. The molecule has 2 atom stereocenters. The molecule has 0 aliphatic heterocycles. The number of carbonyl (C=O) groups excluding carboxylic acids is 1. The molecule has 2 unspecified atom stereocenters. The summed E-state index contributed by atoms with van der Waals surface area (Å²) in [6.45, 7) is 0.590. The summed E-state index contributed by atoms with van der Waals surface area (Å²) < 4.78 is 1.50. The quantitative estimate of drug-likeness (QED) is 0.221. The van der Waals surface area contributed by atoms with Gasteiger partial charge in [0, 0.05) is 25.2 Å². The van der Waals surface area contributed by atoms with Crippen LogP contribution in [0.2, 0.25) is 0 Å². The van der Waals surface area contributed by atoms with Crippen LogP contribution in [0.1, 0.15) is 47.5 Å². The van der Waals surface area contributed by atoms with E-state index < -0.39 is 23.5 Å². The van der Waals surface area contributed by atoms with Crippen LogP contribution in [0.15, 0.2) is 82.2 Å². The third kappa shape index (κ3) is 7.17. The lowest BCUT2D eigenvalue weighted by molar-refractivity contribution is -0.139. The summed E-state index contributed by atoms with van der Waals surface area (Å²) in [6.07, 6.45) is 10.4. The zero-order chi connectivity index (χ0) is 25.2. The monoisotopic (exact) mass is 477 g/mol. The highest BCUT2D eigenvalue weighted by atomic mass is 16.4. The molecule has 0 spiro atoms. The van der Waals surface area contributed by atoms with Crippen molar-refractivity contribution in [2.75, 3.05) is 6.54 Å². The Labute approximate surface area is 203 Å². The third-order valence-corrected chi connectivity index (χ3v) is 5.82. The van der Waals surface area contributed by atoms with Crippen molar-refractivity contribution in [1.29, 1.82) is 0 Å². The van der Waals surface area contributed by atoms with Crippen molar-refractivity contribution in [2.45, 2.75) is 44.2 Å². The number of carboxylic acids is 1. The number of carbonyl (C=O) groups is 2. The van der Waals surface area contributed by atoms with Crippen LogP contribution in [0, 0.1) is 0 Å². The Hall–Kier alpha value is -4.14. The molecule has 3 rings (SSSR count). The van der Waals surface area contributed by atoms with Crippen LogP contribution < -0.4 is 22.3 Å². The number of nitrogens with one attached hydrogen (secondary N) is 1. The highest BCUT2D eigenvalue weighted by Gasteiger charge is 2.23. The number of pyridine rings is 1. The lowest BCUT2D eigenvalue weighted by Gasteiger charge is -2.22. The average molecular weight is 478 g/mol. The number of benzene rings is 1. The van der Waals surface area contributed by atoms with Gasteiger partial charge in [-0.15, -0.1) is 0 Å². The molecule has 184 valence electrons. The van der Waals surface area contributed by atoms with E-state index in [4.69, 9.17) is 11.5 Å². The first kappa shape index (κ1) is 25.5. The van der Waals surface area contributed by atoms with Gasteiger partial charge in [0.15, 0.2) is 5.96 Å². The maximum atomic E-state index is 13.2. The fourth-order valence-electron chi connectivity index (χ4n) is 4.03. The number of nitrogens with two attached hydrogens (primary N) is 2. The highest BCUT2D eigenvalue weighted by molar-refractivity contribution is 5.96. The van der Waals surface area contributed by atoms with E-state index in [1.807, 2.05) is 30.3 Å². The van der Waals surface area contributed by atoms with E-state index in [2.05, 4.69) is 28.5 Å². The zero-order valence-corrected chi connectivity index (χ0v) is 19.5. The van der Waals surface area contributed by atoms with Crippen LogP contribution in [0.5, 0.6) is 0 Å². The predicted molar refractivity (Wildman–Crippen MR) is 135 cm³/mol. The minimum atomic E-state index is -1.19. The standard InChI is InChI=1S/C26H31N5O4/c27-26(28)29-15-7-14-22(25(34)35)30-23(32)20-13-8-16-31(24(20)33)17-21(18-9-3-1-4-10-18)19-11-5-2-6-12-19/h1,3-5,8-13,16,21-22H,2,6-7,14-15,17H2,(H,30,32)(H,34,35)(H4,27,28,29). The van der Waals surface area contributed by atoms with Gasteiger partial charge in [-0.1, -0.05) is 48.6 Å². The van der Waals surface area contributed by atoms with Gasteiger partial charge in [-0.2, -0.15) is 0 Å². The normalized spacial score (nSPS) is 14.5. The molecule has 0 fully saturated rings. The van der Waals surface area contributed by atoms with E-state index in [1.165, 1.54) is 10.6 Å². The van der Waals surface area contributed by atoms with Crippen LogP contribution >= 0.6 is 0 Å². The number of aromatic nitrogens is 1.